The second-order valence-corrected chi connectivity index (χ2v) is 5.92. The summed E-state index contributed by atoms with van der Waals surface area (Å²) >= 11 is 0. The van der Waals surface area contributed by atoms with Crippen LogP contribution in [-0.2, 0) is 0 Å². The van der Waals surface area contributed by atoms with E-state index in [2.05, 4.69) is 18.7 Å². The average molecular weight is 291 g/mol. The van der Waals surface area contributed by atoms with E-state index in [0.29, 0.717) is 12.6 Å². The predicted molar refractivity (Wildman–Crippen MR) is 84.1 cm³/mol. The van der Waals surface area contributed by atoms with Crippen molar-refractivity contribution < 1.29 is 4.92 Å². The second kappa shape index (κ2) is 7.00. The molecule has 21 heavy (non-hydrogen) atoms. The number of nitrogens with two attached hydrogens (primary N) is 1. The van der Waals surface area contributed by atoms with Crippen LogP contribution in [0.5, 0.6) is 0 Å². The first-order valence-electron chi connectivity index (χ1n) is 7.77. The van der Waals surface area contributed by atoms with E-state index in [1.165, 1.54) is 6.42 Å². The van der Waals surface area contributed by atoms with Gasteiger partial charge in [-0.25, -0.2) is 0 Å². The number of nitro benzene ring substituents is 1. The third-order valence-corrected chi connectivity index (χ3v) is 4.80. The Kier molecular flexibility index (Phi) is 5.31. The van der Waals surface area contributed by atoms with Gasteiger partial charge in [-0.2, -0.15) is 0 Å². The summed E-state index contributed by atoms with van der Waals surface area (Å²) in [5, 5.41) is 11.2. The van der Waals surface area contributed by atoms with Gasteiger partial charge in [-0.3, -0.25) is 15.0 Å². The van der Waals surface area contributed by atoms with Crippen molar-refractivity contribution in [1.82, 2.24) is 4.90 Å². The zero-order valence-corrected chi connectivity index (χ0v) is 12.9. The summed E-state index contributed by atoms with van der Waals surface area (Å²) in [7, 11) is 0. The summed E-state index contributed by atoms with van der Waals surface area (Å²) in [5.41, 5.74) is 6.94. The average Bonchev–Trinajstić information content (AvgIpc) is 2.53. The minimum atomic E-state index is -0.290. The monoisotopic (exact) mass is 291 g/mol. The maximum atomic E-state index is 11.2. The maximum Gasteiger partial charge on any atom is 0.274 e. The summed E-state index contributed by atoms with van der Waals surface area (Å²) in [6, 6.07) is 7.38. The molecule has 116 valence electrons. The number of hydrogen-bond acceptors (Lipinski definition) is 4. The van der Waals surface area contributed by atoms with Crippen molar-refractivity contribution in [3.8, 4) is 0 Å². The van der Waals surface area contributed by atoms with Crippen LogP contribution in [0.4, 0.5) is 5.69 Å². The smallest absolute Gasteiger partial charge is 0.274 e. The van der Waals surface area contributed by atoms with Gasteiger partial charge in [0.1, 0.15) is 0 Å². The van der Waals surface area contributed by atoms with E-state index in [1.807, 2.05) is 12.1 Å². The highest BCUT2D eigenvalue weighted by Gasteiger charge is 2.32. The van der Waals surface area contributed by atoms with Gasteiger partial charge >= 0.3 is 0 Å². The van der Waals surface area contributed by atoms with E-state index in [4.69, 9.17) is 5.73 Å². The van der Waals surface area contributed by atoms with Crippen molar-refractivity contribution in [2.75, 3.05) is 13.1 Å². The van der Waals surface area contributed by atoms with Crippen molar-refractivity contribution in [3.05, 3.63) is 39.9 Å². The fourth-order valence-electron chi connectivity index (χ4n) is 3.45. The summed E-state index contributed by atoms with van der Waals surface area (Å²) in [6.07, 6.45) is 3.43. The van der Waals surface area contributed by atoms with Crippen LogP contribution in [0.1, 0.15) is 44.7 Å². The molecule has 1 aromatic rings. The summed E-state index contributed by atoms with van der Waals surface area (Å²) < 4.78 is 0. The lowest BCUT2D eigenvalue weighted by atomic mass is 9.87. The van der Waals surface area contributed by atoms with Crippen molar-refractivity contribution in [2.45, 2.75) is 45.2 Å². The van der Waals surface area contributed by atoms with E-state index in [1.54, 1.807) is 12.1 Å². The Labute approximate surface area is 126 Å². The molecule has 1 heterocycles. The molecule has 1 fully saturated rings. The Balaban J connectivity index is 2.23. The van der Waals surface area contributed by atoms with E-state index in [-0.39, 0.29) is 16.7 Å². The molecule has 0 spiro atoms. The van der Waals surface area contributed by atoms with E-state index in [9.17, 15) is 10.1 Å². The maximum absolute atomic E-state index is 11.2. The molecule has 1 aliphatic rings. The molecule has 1 aromatic carbocycles. The number of nitrogens with zero attached hydrogens (tertiary/aromatic N) is 2. The number of rotatable bonds is 5. The predicted octanol–water partition coefficient (Wildman–Crippen LogP) is 3.11. The van der Waals surface area contributed by atoms with Crippen LogP contribution in [0.2, 0.25) is 0 Å². The lowest BCUT2D eigenvalue weighted by Crippen LogP contribution is -2.47. The Bertz CT molecular complexity index is 492. The Morgan fingerprint density at radius 3 is 2.81 bits per heavy atom. The second-order valence-electron chi connectivity index (χ2n) is 5.92. The first kappa shape index (κ1) is 15.9. The fraction of sp³-hybridized carbons (Fsp3) is 0.625. The van der Waals surface area contributed by atoms with Gasteiger partial charge in [0.15, 0.2) is 0 Å². The molecule has 0 aliphatic carbocycles. The van der Waals surface area contributed by atoms with E-state index < -0.39 is 0 Å². The van der Waals surface area contributed by atoms with Crippen LogP contribution in [0.25, 0.3) is 0 Å². The Morgan fingerprint density at radius 2 is 2.19 bits per heavy atom. The molecule has 0 amide bonds. The zero-order chi connectivity index (χ0) is 15.4. The molecule has 3 atom stereocenters. The molecule has 1 saturated heterocycles. The number of piperidine rings is 1. The van der Waals surface area contributed by atoms with Crippen LogP contribution >= 0.6 is 0 Å². The molecule has 0 bridgehead atoms. The number of hydrogen-bond donors (Lipinski definition) is 1. The SMILES string of the molecule is CCC1CCN(C(C)c2ccccc2[N+](=O)[O-])C(CN)C1. The minimum absolute atomic E-state index is 0.0259. The molecule has 0 radical (unpaired) electrons. The summed E-state index contributed by atoms with van der Waals surface area (Å²) in [5.74, 6) is 0.729. The third-order valence-electron chi connectivity index (χ3n) is 4.80. The molecule has 5 nitrogen and oxygen atoms in total. The molecule has 0 aromatic heterocycles. The fourth-order valence-corrected chi connectivity index (χ4v) is 3.45. The molecule has 2 N–H and O–H groups in total. The van der Waals surface area contributed by atoms with Gasteiger partial charge in [-0.15, -0.1) is 0 Å². The topological polar surface area (TPSA) is 72.4 Å². The van der Waals surface area contributed by atoms with Gasteiger partial charge in [-0.1, -0.05) is 31.5 Å². The van der Waals surface area contributed by atoms with Crippen molar-refractivity contribution in [3.63, 3.8) is 0 Å². The first-order chi connectivity index (χ1) is 10.1. The molecular formula is C16H25N3O2. The van der Waals surface area contributed by atoms with Crippen LogP contribution in [0.15, 0.2) is 24.3 Å². The van der Waals surface area contributed by atoms with Gasteiger partial charge in [0, 0.05) is 30.3 Å². The standard InChI is InChI=1S/C16H25N3O2/c1-3-13-8-9-18(14(10-13)11-17)12(2)15-6-4-5-7-16(15)19(20)21/h4-7,12-14H,3,8-11,17H2,1-2H3. The third kappa shape index (κ3) is 3.41. The highest BCUT2D eigenvalue weighted by Crippen LogP contribution is 2.35. The Morgan fingerprint density at radius 1 is 1.48 bits per heavy atom. The highest BCUT2D eigenvalue weighted by atomic mass is 16.6. The van der Waals surface area contributed by atoms with Crippen molar-refractivity contribution in [2.24, 2.45) is 11.7 Å². The van der Waals surface area contributed by atoms with Crippen LogP contribution in [-0.4, -0.2) is 29.0 Å². The van der Waals surface area contributed by atoms with Crippen LogP contribution < -0.4 is 5.73 Å². The molecule has 2 rings (SSSR count). The van der Waals surface area contributed by atoms with Crippen molar-refractivity contribution in [1.29, 1.82) is 0 Å². The van der Waals surface area contributed by atoms with Gasteiger partial charge in [0.2, 0.25) is 0 Å². The largest absolute Gasteiger partial charge is 0.329 e. The van der Waals surface area contributed by atoms with Gasteiger partial charge in [0.25, 0.3) is 5.69 Å². The molecule has 5 heteroatoms. The normalized spacial score (nSPS) is 24.7. The lowest BCUT2D eigenvalue weighted by molar-refractivity contribution is -0.386. The number of benzene rings is 1. The van der Waals surface area contributed by atoms with Gasteiger partial charge in [-0.05, 0) is 32.2 Å². The highest BCUT2D eigenvalue weighted by molar-refractivity contribution is 5.41. The quantitative estimate of drug-likeness (QED) is 0.668. The van der Waals surface area contributed by atoms with Crippen LogP contribution in [0, 0.1) is 16.0 Å². The molecule has 3 unspecified atom stereocenters. The summed E-state index contributed by atoms with van der Waals surface area (Å²) in [4.78, 5) is 13.3. The molecule has 0 saturated carbocycles. The lowest BCUT2D eigenvalue weighted by Gasteiger charge is -2.42. The number of para-hydroxylation sites is 1. The first-order valence-corrected chi connectivity index (χ1v) is 7.77. The van der Waals surface area contributed by atoms with Gasteiger partial charge < -0.3 is 5.73 Å². The van der Waals surface area contributed by atoms with Gasteiger partial charge in [0.05, 0.1) is 4.92 Å². The summed E-state index contributed by atoms with van der Waals surface area (Å²) in [6.45, 7) is 5.85. The van der Waals surface area contributed by atoms with Crippen LogP contribution in [0.3, 0.4) is 0 Å². The van der Waals surface area contributed by atoms with E-state index in [0.717, 1.165) is 30.9 Å². The Hall–Kier alpha value is -1.46. The number of nitro groups is 1. The van der Waals surface area contributed by atoms with E-state index >= 15 is 0 Å². The molecular weight excluding hydrogens is 266 g/mol. The number of likely N-dealkylation sites (tertiary alicyclic amines) is 1. The minimum Gasteiger partial charge on any atom is -0.329 e. The van der Waals surface area contributed by atoms with Crippen molar-refractivity contribution >= 4 is 5.69 Å². The zero-order valence-electron chi connectivity index (χ0n) is 12.9. The molecule has 1 aliphatic heterocycles.